The predicted octanol–water partition coefficient (Wildman–Crippen LogP) is 1.43. The summed E-state index contributed by atoms with van der Waals surface area (Å²) in [5.41, 5.74) is 1.71. The summed E-state index contributed by atoms with van der Waals surface area (Å²) in [4.78, 5) is 37.8. The van der Waals surface area contributed by atoms with Crippen LogP contribution in [0.3, 0.4) is 0 Å². The second-order valence-corrected chi connectivity index (χ2v) is 6.19. The molecular formula is C20H21N3O5. The number of hydrogen-bond acceptors (Lipinski definition) is 6. The van der Waals surface area contributed by atoms with E-state index in [1.54, 1.807) is 42.3 Å². The number of carbonyl (C=O) groups is 3. The summed E-state index contributed by atoms with van der Waals surface area (Å²) in [5, 5.41) is 5.36. The summed E-state index contributed by atoms with van der Waals surface area (Å²) >= 11 is 0. The van der Waals surface area contributed by atoms with Crippen LogP contribution >= 0.6 is 0 Å². The van der Waals surface area contributed by atoms with Gasteiger partial charge in [0.15, 0.2) is 6.10 Å². The van der Waals surface area contributed by atoms with Crippen molar-refractivity contribution < 1.29 is 23.9 Å². The predicted molar refractivity (Wildman–Crippen MR) is 104 cm³/mol. The fourth-order valence-corrected chi connectivity index (χ4v) is 2.94. The summed E-state index contributed by atoms with van der Waals surface area (Å²) in [6.45, 7) is 0.304. The minimum Gasteiger partial charge on any atom is -0.477 e. The second kappa shape index (κ2) is 8.43. The molecule has 0 saturated heterocycles. The van der Waals surface area contributed by atoms with Gasteiger partial charge in [0.05, 0.1) is 31.5 Å². The number of ether oxygens (including phenoxy) is 2. The Balaban J connectivity index is 1.70. The first-order valence-electron chi connectivity index (χ1n) is 8.72. The van der Waals surface area contributed by atoms with Gasteiger partial charge in [0.2, 0.25) is 5.91 Å². The van der Waals surface area contributed by atoms with Gasteiger partial charge in [-0.1, -0.05) is 12.1 Å². The van der Waals surface area contributed by atoms with Crippen molar-refractivity contribution in [2.75, 3.05) is 37.5 Å². The quantitative estimate of drug-likeness (QED) is 0.758. The molecule has 0 radical (unpaired) electrons. The van der Waals surface area contributed by atoms with Gasteiger partial charge in [-0.05, 0) is 36.4 Å². The third-order valence-electron chi connectivity index (χ3n) is 4.32. The Bertz CT molecular complexity index is 882. The molecule has 0 saturated carbocycles. The van der Waals surface area contributed by atoms with Crippen LogP contribution in [-0.2, 0) is 14.3 Å². The average molecular weight is 383 g/mol. The van der Waals surface area contributed by atoms with Crippen molar-refractivity contribution in [1.29, 1.82) is 0 Å². The van der Waals surface area contributed by atoms with Gasteiger partial charge in [0.1, 0.15) is 5.75 Å². The minimum atomic E-state index is -0.702. The molecule has 2 amide bonds. The maximum Gasteiger partial charge on any atom is 0.337 e. The summed E-state index contributed by atoms with van der Waals surface area (Å²) in [6.07, 6.45) is -0.702. The van der Waals surface area contributed by atoms with E-state index >= 15 is 0 Å². The molecule has 1 heterocycles. The summed E-state index contributed by atoms with van der Waals surface area (Å²) in [7, 11) is 2.85. The van der Waals surface area contributed by atoms with E-state index in [0.717, 1.165) is 5.69 Å². The molecule has 28 heavy (non-hydrogen) atoms. The Morgan fingerprint density at radius 2 is 1.86 bits per heavy atom. The summed E-state index contributed by atoms with van der Waals surface area (Å²) < 4.78 is 10.4. The van der Waals surface area contributed by atoms with Crippen LogP contribution in [0.25, 0.3) is 0 Å². The molecule has 2 aromatic carbocycles. The molecule has 1 aliphatic heterocycles. The number of amides is 2. The Hall–Kier alpha value is -3.55. The molecule has 0 aromatic heterocycles. The van der Waals surface area contributed by atoms with Crippen LogP contribution in [0, 0.1) is 0 Å². The van der Waals surface area contributed by atoms with E-state index in [0.29, 0.717) is 17.0 Å². The molecule has 2 aromatic rings. The van der Waals surface area contributed by atoms with Gasteiger partial charge in [0.25, 0.3) is 5.91 Å². The van der Waals surface area contributed by atoms with Crippen molar-refractivity contribution in [2.24, 2.45) is 0 Å². The van der Waals surface area contributed by atoms with Crippen molar-refractivity contribution >= 4 is 29.2 Å². The molecule has 8 nitrogen and oxygen atoms in total. The summed E-state index contributed by atoms with van der Waals surface area (Å²) in [6, 6.07) is 13.7. The van der Waals surface area contributed by atoms with E-state index in [-0.39, 0.29) is 24.9 Å². The molecule has 3 rings (SSSR count). The molecule has 0 bridgehead atoms. The van der Waals surface area contributed by atoms with Crippen LogP contribution in [0.1, 0.15) is 10.4 Å². The van der Waals surface area contributed by atoms with Crippen LogP contribution < -0.4 is 20.3 Å². The fourth-order valence-electron chi connectivity index (χ4n) is 2.94. The molecule has 0 aliphatic carbocycles. The van der Waals surface area contributed by atoms with Gasteiger partial charge in [-0.2, -0.15) is 0 Å². The maximum absolute atomic E-state index is 12.5. The topological polar surface area (TPSA) is 97.0 Å². The number of hydrogen-bond donors (Lipinski definition) is 2. The van der Waals surface area contributed by atoms with Crippen LogP contribution in [0.15, 0.2) is 48.5 Å². The number of anilines is 2. The lowest BCUT2D eigenvalue weighted by atomic mass is 10.1. The van der Waals surface area contributed by atoms with Crippen LogP contribution in [0.5, 0.6) is 5.75 Å². The zero-order chi connectivity index (χ0) is 20.1. The average Bonchev–Trinajstić information content (AvgIpc) is 2.73. The standard InChI is InChI=1S/C20H21N3O5/c1-21-19(25)17-11-23(15-5-3-4-6-16(15)28-17)12-18(24)22-14-9-7-13(8-10-14)20(26)27-2/h3-10,17H,11-12H2,1-2H3,(H,21,25)(H,22,24)/t17-/m0/s1. The van der Waals surface area contributed by atoms with E-state index in [2.05, 4.69) is 15.4 Å². The first kappa shape index (κ1) is 19.2. The Kier molecular flexibility index (Phi) is 5.78. The second-order valence-electron chi connectivity index (χ2n) is 6.19. The molecule has 0 unspecified atom stereocenters. The number of esters is 1. The van der Waals surface area contributed by atoms with Gasteiger partial charge < -0.3 is 25.0 Å². The number of carbonyl (C=O) groups excluding carboxylic acids is 3. The number of para-hydroxylation sites is 2. The Labute approximate surface area is 162 Å². The number of fused-ring (bicyclic) bond motifs is 1. The molecular weight excluding hydrogens is 362 g/mol. The molecule has 146 valence electrons. The zero-order valence-electron chi connectivity index (χ0n) is 15.6. The lowest BCUT2D eigenvalue weighted by Crippen LogP contribution is -2.50. The number of benzene rings is 2. The maximum atomic E-state index is 12.5. The first-order chi connectivity index (χ1) is 13.5. The first-order valence-corrected chi connectivity index (χ1v) is 8.72. The lowest BCUT2D eigenvalue weighted by Gasteiger charge is -2.34. The van der Waals surface area contributed by atoms with Crippen LogP contribution in [-0.4, -0.2) is 51.1 Å². The SMILES string of the molecule is CNC(=O)[C@@H]1CN(CC(=O)Nc2ccc(C(=O)OC)cc2)c2ccccc2O1. The van der Waals surface area contributed by atoms with Gasteiger partial charge in [-0.25, -0.2) is 4.79 Å². The molecule has 2 N–H and O–H groups in total. The highest BCUT2D eigenvalue weighted by Gasteiger charge is 2.30. The van der Waals surface area contributed by atoms with E-state index in [1.807, 2.05) is 18.2 Å². The van der Waals surface area contributed by atoms with Crippen molar-refractivity contribution in [2.45, 2.75) is 6.10 Å². The van der Waals surface area contributed by atoms with Gasteiger partial charge in [0, 0.05) is 12.7 Å². The lowest BCUT2D eigenvalue weighted by molar-refractivity contribution is -0.127. The van der Waals surface area contributed by atoms with E-state index in [9.17, 15) is 14.4 Å². The number of rotatable bonds is 5. The fraction of sp³-hybridized carbons (Fsp3) is 0.250. The molecule has 8 heteroatoms. The number of likely N-dealkylation sites (N-methyl/N-ethyl adjacent to an activating group) is 1. The normalized spacial score (nSPS) is 15.1. The van der Waals surface area contributed by atoms with Crippen molar-refractivity contribution in [3.63, 3.8) is 0 Å². The monoisotopic (exact) mass is 383 g/mol. The highest BCUT2D eigenvalue weighted by Crippen LogP contribution is 2.32. The third kappa shape index (κ3) is 4.22. The smallest absolute Gasteiger partial charge is 0.337 e. The number of nitrogens with zero attached hydrogens (tertiary/aromatic N) is 1. The van der Waals surface area contributed by atoms with Crippen LogP contribution in [0.2, 0.25) is 0 Å². The van der Waals surface area contributed by atoms with Gasteiger partial charge in [-0.15, -0.1) is 0 Å². The molecule has 0 fully saturated rings. The molecule has 1 aliphatic rings. The third-order valence-corrected chi connectivity index (χ3v) is 4.32. The number of nitrogens with one attached hydrogen (secondary N) is 2. The van der Waals surface area contributed by atoms with Crippen LogP contribution in [0.4, 0.5) is 11.4 Å². The number of methoxy groups -OCH3 is 1. The van der Waals surface area contributed by atoms with Crippen molar-refractivity contribution in [3.8, 4) is 5.75 Å². The molecule has 1 atom stereocenters. The van der Waals surface area contributed by atoms with Crippen molar-refractivity contribution in [3.05, 3.63) is 54.1 Å². The Morgan fingerprint density at radius 3 is 2.54 bits per heavy atom. The van der Waals surface area contributed by atoms with Crippen molar-refractivity contribution in [1.82, 2.24) is 5.32 Å². The van der Waals surface area contributed by atoms with E-state index in [4.69, 9.17) is 4.74 Å². The summed E-state index contributed by atoms with van der Waals surface area (Å²) in [5.74, 6) is -0.392. The molecule has 0 spiro atoms. The Morgan fingerprint density at radius 1 is 1.14 bits per heavy atom. The largest absolute Gasteiger partial charge is 0.477 e. The highest BCUT2D eigenvalue weighted by molar-refractivity contribution is 5.96. The minimum absolute atomic E-state index is 0.0482. The van der Waals surface area contributed by atoms with Gasteiger partial charge >= 0.3 is 5.97 Å². The zero-order valence-corrected chi connectivity index (χ0v) is 15.6. The van der Waals surface area contributed by atoms with Gasteiger partial charge in [-0.3, -0.25) is 9.59 Å². The van der Waals surface area contributed by atoms with E-state index in [1.165, 1.54) is 7.11 Å². The van der Waals surface area contributed by atoms with E-state index < -0.39 is 12.1 Å². The highest BCUT2D eigenvalue weighted by atomic mass is 16.5.